The molecule has 0 aliphatic rings. The van der Waals surface area contributed by atoms with Crippen LogP contribution in [0, 0.1) is 0 Å². The van der Waals surface area contributed by atoms with Gasteiger partial charge in [-0.25, -0.2) is 0 Å². The first kappa shape index (κ1) is 12.1. The molecule has 0 aliphatic heterocycles. The Morgan fingerprint density at radius 2 is 2.06 bits per heavy atom. The van der Waals surface area contributed by atoms with Gasteiger partial charge in [0.15, 0.2) is 0 Å². The van der Waals surface area contributed by atoms with E-state index in [-0.39, 0.29) is 6.61 Å². The number of hydrogen-bond donors (Lipinski definition) is 1. The second-order valence-corrected chi connectivity index (χ2v) is 4.40. The van der Waals surface area contributed by atoms with E-state index in [1.54, 1.807) is 18.5 Å². The molecule has 0 radical (unpaired) electrons. The Bertz CT molecular complexity index is 476. The average molecular weight is 294 g/mol. The third-order valence-electron chi connectivity index (χ3n) is 2.30. The molecule has 0 saturated heterocycles. The summed E-state index contributed by atoms with van der Waals surface area (Å²) in [6, 6.07) is 11.1. The molecule has 0 saturated carbocycles. The fraction of sp³-hybridized carbons (Fsp3) is 0.154. The molecule has 2 rings (SSSR count). The quantitative estimate of drug-likeness (QED) is 0.942. The largest absolute Gasteiger partial charge is 0.489 e. The lowest BCUT2D eigenvalue weighted by molar-refractivity contribution is 0.107. The second kappa shape index (κ2) is 5.80. The van der Waals surface area contributed by atoms with Gasteiger partial charge in [0.2, 0.25) is 0 Å². The van der Waals surface area contributed by atoms with Gasteiger partial charge >= 0.3 is 0 Å². The Morgan fingerprint density at radius 3 is 2.76 bits per heavy atom. The van der Waals surface area contributed by atoms with Crippen molar-refractivity contribution in [2.24, 2.45) is 0 Å². The Hall–Kier alpha value is -1.39. The number of benzene rings is 1. The zero-order valence-electron chi connectivity index (χ0n) is 9.08. The first-order chi connectivity index (χ1) is 8.27. The minimum Gasteiger partial charge on any atom is -0.489 e. The van der Waals surface area contributed by atoms with E-state index in [2.05, 4.69) is 20.9 Å². The van der Waals surface area contributed by atoms with Crippen LogP contribution >= 0.6 is 15.9 Å². The van der Waals surface area contributed by atoms with Gasteiger partial charge in [0.1, 0.15) is 18.5 Å². The van der Waals surface area contributed by atoms with Crippen molar-refractivity contribution < 1.29 is 9.84 Å². The molecular formula is C13H12BrNO2. The van der Waals surface area contributed by atoms with Crippen LogP contribution in [0.5, 0.6) is 5.75 Å². The smallest absolute Gasteiger partial charge is 0.133 e. The number of halogens is 1. The van der Waals surface area contributed by atoms with Crippen LogP contribution in [0.25, 0.3) is 0 Å². The molecule has 0 bridgehead atoms. The normalized spacial score (nSPS) is 12.1. The molecular weight excluding hydrogens is 282 g/mol. The number of aliphatic hydroxyl groups excluding tert-OH is 1. The van der Waals surface area contributed by atoms with Crippen LogP contribution in [0.3, 0.4) is 0 Å². The van der Waals surface area contributed by atoms with E-state index in [1.807, 2.05) is 30.3 Å². The number of para-hydroxylation sites is 1. The summed E-state index contributed by atoms with van der Waals surface area (Å²) in [5.74, 6) is 0.718. The molecule has 1 aromatic carbocycles. The summed E-state index contributed by atoms with van der Waals surface area (Å²) in [6.07, 6.45) is 2.63. The molecule has 2 aromatic rings. The van der Waals surface area contributed by atoms with Crippen molar-refractivity contribution in [2.75, 3.05) is 6.61 Å². The van der Waals surface area contributed by atoms with Crippen molar-refractivity contribution in [3.05, 3.63) is 58.8 Å². The zero-order chi connectivity index (χ0) is 12.1. The number of aliphatic hydroxyl groups is 1. The van der Waals surface area contributed by atoms with Crippen molar-refractivity contribution in [3.8, 4) is 5.75 Å². The van der Waals surface area contributed by atoms with Gasteiger partial charge in [-0.2, -0.15) is 0 Å². The molecule has 1 heterocycles. The topological polar surface area (TPSA) is 42.4 Å². The van der Waals surface area contributed by atoms with Crippen LogP contribution in [0.2, 0.25) is 0 Å². The van der Waals surface area contributed by atoms with Crippen molar-refractivity contribution in [1.29, 1.82) is 0 Å². The van der Waals surface area contributed by atoms with Crippen LogP contribution < -0.4 is 4.74 Å². The molecule has 4 heteroatoms. The first-order valence-electron chi connectivity index (χ1n) is 5.22. The third kappa shape index (κ3) is 3.28. The fourth-order valence-corrected chi connectivity index (χ4v) is 1.80. The minimum atomic E-state index is -0.671. The van der Waals surface area contributed by atoms with Gasteiger partial charge in [0.25, 0.3) is 0 Å². The Labute approximate surface area is 108 Å². The van der Waals surface area contributed by atoms with E-state index in [0.29, 0.717) is 0 Å². The molecule has 1 aromatic heterocycles. The molecule has 0 spiro atoms. The van der Waals surface area contributed by atoms with Crippen LogP contribution in [0.15, 0.2) is 53.3 Å². The highest BCUT2D eigenvalue weighted by molar-refractivity contribution is 9.10. The zero-order valence-corrected chi connectivity index (χ0v) is 10.7. The number of ether oxygens (including phenoxy) is 1. The fourth-order valence-electron chi connectivity index (χ4n) is 1.40. The maximum absolute atomic E-state index is 9.89. The average Bonchev–Trinajstić information content (AvgIpc) is 2.38. The van der Waals surface area contributed by atoms with Crippen LogP contribution in [-0.4, -0.2) is 16.7 Å². The summed E-state index contributed by atoms with van der Waals surface area (Å²) in [5.41, 5.74) is 0.750. The molecule has 0 amide bonds. The second-order valence-electron chi connectivity index (χ2n) is 3.54. The van der Waals surface area contributed by atoms with E-state index in [1.165, 1.54) is 0 Å². The van der Waals surface area contributed by atoms with Crippen molar-refractivity contribution in [3.63, 3.8) is 0 Å². The van der Waals surface area contributed by atoms with Crippen LogP contribution in [0.1, 0.15) is 11.7 Å². The summed E-state index contributed by atoms with van der Waals surface area (Å²) < 4.78 is 6.40. The Morgan fingerprint density at radius 1 is 1.24 bits per heavy atom. The number of rotatable bonds is 4. The summed E-state index contributed by atoms with van der Waals surface area (Å²) >= 11 is 3.38. The molecule has 0 aliphatic carbocycles. The van der Waals surface area contributed by atoms with Gasteiger partial charge in [-0.05, 0) is 34.1 Å². The van der Waals surface area contributed by atoms with Gasteiger partial charge in [0.05, 0.1) is 4.47 Å². The lowest BCUT2D eigenvalue weighted by Crippen LogP contribution is -2.10. The monoisotopic (exact) mass is 293 g/mol. The van der Waals surface area contributed by atoms with Gasteiger partial charge in [-0.3, -0.25) is 4.98 Å². The van der Waals surface area contributed by atoms with Crippen molar-refractivity contribution in [1.82, 2.24) is 4.98 Å². The predicted molar refractivity (Wildman–Crippen MR) is 68.8 cm³/mol. The van der Waals surface area contributed by atoms with Crippen molar-refractivity contribution in [2.45, 2.75) is 6.10 Å². The van der Waals surface area contributed by atoms with E-state index < -0.39 is 6.10 Å². The lowest BCUT2D eigenvalue weighted by Gasteiger charge is -2.13. The number of aromatic nitrogens is 1. The van der Waals surface area contributed by atoms with E-state index >= 15 is 0 Å². The Balaban J connectivity index is 1.97. The maximum Gasteiger partial charge on any atom is 0.133 e. The number of nitrogens with zero attached hydrogens (tertiary/aromatic N) is 1. The molecule has 3 nitrogen and oxygen atoms in total. The number of hydrogen-bond acceptors (Lipinski definition) is 3. The van der Waals surface area contributed by atoms with Gasteiger partial charge in [-0.15, -0.1) is 0 Å². The van der Waals surface area contributed by atoms with E-state index in [9.17, 15) is 5.11 Å². The minimum absolute atomic E-state index is 0.203. The first-order valence-corrected chi connectivity index (χ1v) is 6.02. The maximum atomic E-state index is 9.89. The molecule has 1 N–H and O–H groups in total. The number of pyridine rings is 1. The summed E-state index contributed by atoms with van der Waals surface area (Å²) in [5, 5.41) is 9.89. The Kier molecular flexibility index (Phi) is 4.12. The van der Waals surface area contributed by atoms with E-state index in [0.717, 1.165) is 15.8 Å². The van der Waals surface area contributed by atoms with Gasteiger partial charge in [0, 0.05) is 18.0 Å². The highest BCUT2D eigenvalue weighted by Gasteiger charge is 2.09. The summed E-state index contributed by atoms with van der Waals surface area (Å²) in [4.78, 5) is 3.95. The highest BCUT2D eigenvalue weighted by Crippen LogP contribution is 2.25. The summed E-state index contributed by atoms with van der Waals surface area (Å²) in [6.45, 7) is 0.203. The van der Waals surface area contributed by atoms with Crippen LogP contribution in [0.4, 0.5) is 0 Å². The summed E-state index contributed by atoms with van der Waals surface area (Å²) in [7, 11) is 0. The van der Waals surface area contributed by atoms with Gasteiger partial charge in [-0.1, -0.05) is 18.2 Å². The van der Waals surface area contributed by atoms with Crippen LogP contribution in [-0.2, 0) is 0 Å². The SMILES string of the molecule is OC(COc1ccccc1Br)c1cccnc1. The molecule has 1 unspecified atom stereocenters. The molecule has 1 atom stereocenters. The highest BCUT2D eigenvalue weighted by atomic mass is 79.9. The molecule has 88 valence electrons. The molecule has 17 heavy (non-hydrogen) atoms. The predicted octanol–water partition coefficient (Wildman–Crippen LogP) is 2.96. The van der Waals surface area contributed by atoms with Gasteiger partial charge < -0.3 is 9.84 Å². The lowest BCUT2D eigenvalue weighted by atomic mass is 10.2. The van der Waals surface area contributed by atoms with Crippen molar-refractivity contribution >= 4 is 15.9 Å². The molecule has 0 fully saturated rings. The third-order valence-corrected chi connectivity index (χ3v) is 2.96. The van der Waals surface area contributed by atoms with E-state index in [4.69, 9.17) is 4.74 Å². The standard InChI is InChI=1S/C13H12BrNO2/c14-11-5-1-2-6-13(11)17-9-12(16)10-4-3-7-15-8-10/h1-8,12,16H,9H2.